The van der Waals surface area contributed by atoms with Crippen LogP contribution < -0.4 is 15.0 Å². The van der Waals surface area contributed by atoms with E-state index in [1.807, 2.05) is 24.3 Å². The van der Waals surface area contributed by atoms with Gasteiger partial charge >= 0.3 is 0 Å². The highest BCUT2D eigenvalue weighted by Crippen LogP contribution is 2.19. The van der Waals surface area contributed by atoms with Crippen molar-refractivity contribution in [1.29, 1.82) is 0 Å². The molecule has 20 heavy (non-hydrogen) atoms. The summed E-state index contributed by atoms with van der Waals surface area (Å²) in [4.78, 5) is 0. The second-order valence-corrected chi connectivity index (χ2v) is 4.86. The molecule has 0 radical (unpaired) electrons. The third kappa shape index (κ3) is 3.76. The van der Waals surface area contributed by atoms with E-state index in [0.717, 1.165) is 15.8 Å². The Hall–Kier alpha value is -1.98. The van der Waals surface area contributed by atoms with Gasteiger partial charge in [-0.25, -0.2) is 0 Å². The molecule has 0 saturated carbocycles. The Balaban J connectivity index is 2.12. The summed E-state index contributed by atoms with van der Waals surface area (Å²) in [6.45, 7) is 0. The van der Waals surface area contributed by atoms with Gasteiger partial charge in [-0.1, -0.05) is 28.1 Å². The molecule has 2 aromatic rings. The second-order valence-electron chi connectivity index (χ2n) is 3.94. The predicted octanol–water partition coefficient (Wildman–Crippen LogP) is 3.81. The lowest BCUT2D eigenvalue weighted by atomic mass is 10.2. The largest absolute Gasteiger partial charge is 0.497 e. The summed E-state index contributed by atoms with van der Waals surface area (Å²) in [5.41, 5.74) is 3.40. The molecule has 0 bridgehead atoms. The molecule has 0 aromatic heterocycles. The zero-order valence-electron chi connectivity index (χ0n) is 10.8. The van der Waals surface area contributed by atoms with E-state index in [-0.39, 0.29) is 0 Å². The second kappa shape index (κ2) is 6.98. The molecule has 0 saturated heterocycles. The van der Waals surface area contributed by atoms with Crippen LogP contribution in [0.4, 0.5) is 0 Å². The summed E-state index contributed by atoms with van der Waals surface area (Å²) >= 11 is 3.36. The quantitative estimate of drug-likeness (QED) is 0.644. The number of hydrogen-bond donors (Lipinski definition) is 2. The highest BCUT2D eigenvalue weighted by atomic mass is 79.9. The highest BCUT2D eigenvalue weighted by Gasteiger charge is 2.01. The van der Waals surface area contributed by atoms with Crippen LogP contribution in [0.3, 0.4) is 0 Å². The van der Waals surface area contributed by atoms with E-state index >= 15 is 0 Å². The molecule has 5 heteroatoms. The Morgan fingerprint density at radius 1 is 1.05 bits per heavy atom. The maximum atomic E-state index is 9.18. The monoisotopic (exact) mass is 335 g/mol. The summed E-state index contributed by atoms with van der Waals surface area (Å²) in [6.07, 6.45) is 1.45. The van der Waals surface area contributed by atoms with Crippen molar-refractivity contribution in [2.24, 2.45) is 0 Å². The fourth-order valence-corrected chi connectivity index (χ4v) is 1.83. The standard InChI is InChI=1S/C15H14BrNO3/c1-19-13-6-8-14(9-7-13)20-10-15(17-18)11-2-4-12(16)5-3-11/h2-10,17-18H,1H3. The summed E-state index contributed by atoms with van der Waals surface area (Å²) in [7, 11) is 1.61. The zero-order chi connectivity index (χ0) is 14.4. The number of hydroxylamine groups is 1. The molecular formula is C15H14BrNO3. The lowest BCUT2D eigenvalue weighted by molar-refractivity contribution is 0.222. The van der Waals surface area contributed by atoms with E-state index in [1.54, 1.807) is 31.4 Å². The SMILES string of the molecule is COc1ccc(OC=C(NO)c2ccc(Br)cc2)cc1. The van der Waals surface area contributed by atoms with Gasteiger partial charge in [0.15, 0.2) is 0 Å². The summed E-state index contributed by atoms with van der Waals surface area (Å²) < 4.78 is 11.5. The predicted molar refractivity (Wildman–Crippen MR) is 80.7 cm³/mol. The molecule has 0 fully saturated rings. The number of ether oxygens (including phenoxy) is 2. The first-order chi connectivity index (χ1) is 9.72. The minimum atomic E-state index is 0.466. The first kappa shape index (κ1) is 14.4. The Labute approximate surface area is 125 Å². The van der Waals surface area contributed by atoms with E-state index in [0.29, 0.717) is 11.4 Å². The van der Waals surface area contributed by atoms with Gasteiger partial charge in [0.2, 0.25) is 0 Å². The molecule has 0 amide bonds. The van der Waals surface area contributed by atoms with E-state index in [1.165, 1.54) is 6.26 Å². The molecule has 0 atom stereocenters. The summed E-state index contributed by atoms with van der Waals surface area (Å²) in [6, 6.07) is 14.6. The molecule has 4 nitrogen and oxygen atoms in total. The van der Waals surface area contributed by atoms with Crippen LogP contribution in [0.15, 0.2) is 59.3 Å². The van der Waals surface area contributed by atoms with Gasteiger partial charge in [-0.3, -0.25) is 10.7 Å². The van der Waals surface area contributed by atoms with Crippen molar-refractivity contribution in [2.75, 3.05) is 7.11 Å². The van der Waals surface area contributed by atoms with Crippen LogP contribution in [-0.2, 0) is 0 Å². The van der Waals surface area contributed by atoms with Crippen LogP contribution in [-0.4, -0.2) is 12.3 Å². The van der Waals surface area contributed by atoms with Crippen molar-refractivity contribution >= 4 is 21.6 Å². The molecule has 0 aliphatic carbocycles. The van der Waals surface area contributed by atoms with Crippen molar-refractivity contribution in [3.05, 3.63) is 64.8 Å². The maximum absolute atomic E-state index is 9.18. The zero-order valence-corrected chi connectivity index (χ0v) is 12.4. The fourth-order valence-electron chi connectivity index (χ4n) is 1.57. The molecule has 0 heterocycles. The average molecular weight is 336 g/mol. The Morgan fingerprint density at radius 3 is 2.20 bits per heavy atom. The van der Waals surface area contributed by atoms with Crippen LogP contribution >= 0.6 is 15.9 Å². The lowest BCUT2D eigenvalue weighted by Crippen LogP contribution is -2.06. The number of hydrogen-bond acceptors (Lipinski definition) is 4. The number of rotatable bonds is 5. The minimum Gasteiger partial charge on any atom is -0.497 e. The van der Waals surface area contributed by atoms with Gasteiger partial charge in [-0.05, 0) is 36.4 Å². The van der Waals surface area contributed by atoms with E-state index in [4.69, 9.17) is 9.47 Å². The van der Waals surface area contributed by atoms with Crippen LogP contribution in [0.5, 0.6) is 11.5 Å². The Kier molecular flexibility index (Phi) is 5.03. The van der Waals surface area contributed by atoms with Gasteiger partial charge in [0.1, 0.15) is 23.5 Å². The van der Waals surface area contributed by atoms with Crippen LogP contribution in [0, 0.1) is 0 Å². The van der Waals surface area contributed by atoms with Crippen molar-refractivity contribution in [1.82, 2.24) is 5.48 Å². The van der Waals surface area contributed by atoms with Crippen LogP contribution in [0.2, 0.25) is 0 Å². The van der Waals surface area contributed by atoms with Crippen molar-refractivity contribution < 1.29 is 14.7 Å². The number of methoxy groups -OCH3 is 1. The Morgan fingerprint density at radius 2 is 1.65 bits per heavy atom. The van der Waals surface area contributed by atoms with Crippen LogP contribution in [0.1, 0.15) is 5.56 Å². The third-order valence-electron chi connectivity index (χ3n) is 2.65. The molecule has 2 aromatic carbocycles. The van der Waals surface area contributed by atoms with Gasteiger partial charge < -0.3 is 9.47 Å². The molecule has 2 rings (SSSR count). The normalized spacial score (nSPS) is 11.1. The molecule has 0 unspecified atom stereocenters. The molecule has 0 spiro atoms. The van der Waals surface area contributed by atoms with E-state index in [2.05, 4.69) is 21.4 Å². The molecular weight excluding hydrogens is 322 g/mol. The molecule has 0 aliphatic rings. The number of benzene rings is 2. The first-order valence-corrected chi connectivity index (χ1v) is 6.69. The maximum Gasteiger partial charge on any atom is 0.126 e. The third-order valence-corrected chi connectivity index (χ3v) is 3.18. The van der Waals surface area contributed by atoms with Crippen molar-refractivity contribution in [2.45, 2.75) is 0 Å². The van der Waals surface area contributed by atoms with Crippen molar-refractivity contribution in [3.8, 4) is 11.5 Å². The average Bonchev–Trinajstić information content (AvgIpc) is 2.50. The summed E-state index contributed by atoms with van der Waals surface area (Å²) in [5, 5.41) is 9.18. The van der Waals surface area contributed by atoms with Gasteiger partial charge in [0, 0.05) is 10.0 Å². The molecule has 2 N–H and O–H groups in total. The highest BCUT2D eigenvalue weighted by molar-refractivity contribution is 9.10. The van der Waals surface area contributed by atoms with Crippen molar-refractivity contribution in [3.63, 3.8) is 0 Å². The van der Waals surface area contributed by atoms with Gasteiger partial charge in [0.25, 0.3) is 0 Å². The summed E-state index contributed by atoms with van der Waals surface area (Å²) in [5.74, 6) is 1.41. The molecule has 104 valence electrons. The number of halogens is 1. The smallest absolute Gasteiger partial charge is 0.126 e. The minimum absolute atomic E-state index is 0.466. The number of nitrogens with one attached hydrogen (secondary N) is 1. The topological polar surface area (TPSA) is 50.7 Å². The fraction of sp³-hybridized carbons (Fsp3) is 0.0667. The van der Waals surface area contributed by atoms with E-state index in [9.17, 15) is 5.21 Å². The Bertz CT molecular complexity index is 579. The van der Waals surface area contributed by atoms with Gasteiger partial charge in [-0.15, -0.1) is 0 Å². The molecule has 0 aliphatic heterocycles. The van der Waals surface area contributed by atoms with Crippen LogP contribution in [0.25, 0.3) is 5.70 Å². The van der Waals surface area contributed by atoms with E-state index < -0.39 is 0 Å². The first-order valence-electron chi connectivity index (χ1n) is 5.90. The van der Waals surface area contributed by atoms with Gasteiger partial charge in [-0.2, -0.15) is 0 Å². The lowest BCUT2D eigenvalue weighted by Gasteiger charge is -2.07. The van der Waals surface area contributed by atoms with Gasteiger partial charge in [0.05, 0.1) is 7.11 Å².